The summed E-state index contributed by atoms with van der Waals surface area (Å²) in [5.74, 6) is 2.66. The molecule has 0 fully saturated rings. The minimum Gasteiger partial charge on any atom is -0.383 e. The molecule has 2 heteroatoms. The Morgan fingerprint density at radius 1 is 1.58 bits per heavy atom. The SMILES string of the molecule is C#CCC(CC)NC(C)COC. The predicted octanol–water partition coefficient (Wildman–Crippen LogP) is 1.41. The van der Waals surface area contributed by atoms with Crippen molar-refractivity contribution in [3.05, 3.63) is 0 Å². The summed E-state index contributed by atoms with van der Waals surface area (Å²) in [6.07, 6.45) is 7.10. The van der Waals surface area contributed by atoms with Gasteiger partial charge in [0.05, 0.1) is 6.61 Å². The molecule has 0 amide bonds. The first-order valence-electron chi connectivity index (χ1n) is 4.43. The Morgan fingerprint density at radius 2 is 2.25 bits per heavy atom. The largest absolute Gasteiger partial charge is 0.383 e. The Balaban J connectivity index is 3.62. The summed E-state index contributed by atoms with van der Waals surface area (Å²) in [5.41, 5.74) is 0. The van der Waals surface area contributed by atoms with Crippen LogP contribution < -0.4 is 5.32 Å². The van der Waals surface area contributed by atoms with Crippen molar-refractivity contribution in [2.24, 2.45) is 0 Å². The molecule has 0 aromatic carbocycles. The molecule has 2 unspecified atom stereocenters. The van der Waals surface area contributed by atoms with E-state index in [0.717, 1.165) is 19.4 Å². The zero-order valence-electron chi connectivity index (χ0n) is 8.26. The molecule has 0 aliphatic carbocycles. The molecule has 2 atom stereocenters. The third kappa shape index (κ3) is 5.17. The minimum atomic E-state index is 0.383. The predicted molar refractivity (Wildman–Crippen MR) is 52.0 cm³/mol. The van der Waals surface area contributed by atoms with Crippen LogP contribution in [-0.4, -0.2) is 25.8 Å². The van der Waals surface area contributed by atoms with Crippen LogP contribution in [-0.2, 0) is 4.74 Å². The number of hydrogen-bond acceptors (Lipinski definition) is 2. The van der Waals surface area contributed by atoms with Gasteiger partial charge in [-0.05, 0) is 13.3 Å². The van der Waals surface area contributed by atoms with E-state index in [2.05, 4.69) is 25.1 Å². The van der Waals surface area contributed by atoms with Crippen molar-refractivity contribution < 1.29 is 4.74 Å². The molecule has 1 N–H and O–H groups in total. The van der Waals surface area contributed by atoms with Crippen LogP contribution in [0.1, 0.15) is 26.7 Å². The lowest BCUT2D eigenvalue weighted by Gasteiger charge is -2.19. The third-order valence-electron chi connectivity index (χ3n) is 1.79. The lowest BCUT2D eigenvalue weighted by Crippen LogP contribution is -2.38. The summed E-state index contributed by atoms with van der Waals surface area (Å²) in [7, 11) is 1.71. The van der Waals surface area contributed by atoms with Gasteiger partial charge in [-0.2, -0.15) is 0 Å². The zero-order chi connectivity index (χ0) is 9.40. The molecule has 0 bridgehead atoms. The maximum atomic E-state index is 5.23. The molecular weight excluding hydrogens is 150 g/mol. The van der Waals surface area contributed by atoms with Crippen LogP contribution in [0.3, 0.4) is 0 Å². The van der Waals surface area contributed by atoms with Crippen LogP contribution in [0.25, 0.3) is 0 Å². The summed E-state index contributed by atoms with van der Waals surface area (Å²) in [6, 6.07) is 0.813. The summed E-state index contributed by atoms with van der Waals surface area (Å²) in [6.45, 7) is 4.97. The van der Waals surface area contributed by atoms with Crippen molar-refractivity contribution in [3.8, 4) is 12.3 Å². The molecule has 0 heterocycles. The molecule has 12 heavy (non-hydrogen) atoms. The first-order chi connectivity index (χ1) is 5.74. The second-order valence-electron chi connectivity index (χ2n) is 3.04. The maximum Gasteiger partial charge on any atom is 0.0613 e. The van der Waals surface area contributed by atoms with Gasteiger partial charge in [-0.3, -0.25) is 0 Å². The molecule has 0 spiro atoms. The van der Waals surface area contributed by atoms with Crippen LogP contribution in [0.5, 0.6) is 0 Å². The lowest BCUT2D eigenvalue weighted by atomic mass is 10.1. The van der Waals surface area contributed by atoms with E-state index in [-0.39, 0.29) is 0 Å². The fourth-order valence-corrected chi connectivity index (χ4v) is 1.16. The molecular formula is C10H19NO. The van der Waals surface area contributed by atoms with Crippen molar-refractivity contribution in [2.75, 3.05) is 13.7 Å². The first-order valence-corrected chi connectivity index (χ1v) is 4.43. The van der Waals surface area contributed by atoms with E-state index in [0.29, 0.717) is 12.1 Å². The fourth-order valence-electron chi connectivity index (χ4n) is 1.16. The van der Waals surface area contributed by atoms with Gasteiger partial charge in [0.25, 0.3) is 0 Å². The minimum absolute atomic E-state index is 0.383. The Hall–Kier alpha value is -0.520. The topological polar surface area (TPSA) is 21.3 Å². The van der Waals surface area contributed by atoms with Crippen molar-refractivity contribution in [3.63, 3.8) is 0 Å². The van der Waals surface area contributed by atoms with Crippen LogP contribution in [0, 0.1) is 12.3 Å². The van der Waals surface area contributed by atoms with Crippen LogP contribution in [0.4, 0.5) is 0 Å². The van der Waals surface area contributed by atoms with Crippen LogP contribution in [0.2, 0.25) is 0 Å². The van der Waals surface area contributed by atoms with Crippen molar-refractivity contribution in [1.82, 2.24) is 5.32 Å². The molecule has 0 aromatic rings. The second kappa shape index (κ2) is 7.15. The highest BCUT2D eigenvalue weighted by Crippen LogP contribution is 1.98. The molecule has 0 aliphatic rings. The van der Waals surface area contributed by atoms with Gasteiger partial charge in [-0.25, -0.2) is 0 Å². The van der Waals surface area contributed by atoms with Gasteiger partial charge >= 0.3 is 0 Å². The Bertz CT molecular complexity index is 139. The number of terminal acetylenes is 1. The number of nitrogens with one attached hydrogen (secondary N) is 1. The van der Waals surface area contributed by atoms with Gasteiger partial charge < -0.3 is 10.1 Å². The molecule has 2 nitrogen and oxygen atoms in total. The molecule has 0 saturated heterocycles. The van der Waals surface area contributed by atoms with Gasteiger partial charge in [-0.1, -0.05) is 6.92 Å². The molecule has 0 radical (unpaired) electrons. The Morgan fingerprint density at radius 3 is 2.67 bits per heavy atom. The van der Waals surface area contributed by atoms with Gasteiger partial charge in [0.2, 0.25) is 0 Å². The maximum absolute atomic E-state index is 5.23. The summed E-state index contributed by atoms with van der Waals surface area (Å²) >= 11 is 0. The highest BCUT2D eigenvalue weighted by Gasteiger charge is 2.07. The van der Waals surface area contributed by atoms with Crippen molar-refractivity contribution in [2.45, 2.75) is 38.8 Å². The molecule has 70 valence electrons. The van der Waals surface area contributed by atoms with E-state index < -0.39 is 0 Å². The number of rotatable bonds is 6. The van der Waals surface area contributed by atoms with Crippen molar-refractivity contribution in [1.29, 1.82) is 0 Å². The quantitative estimate of drug-likeness (QED) is 0.607. The average Bonchev–Trinajstić information content (AvgIpc) is 2.04. The summed E-state index contributed by atoms with van der Waals surface area (Å²) < 4.78 is 5.01. The number of ether oxygens (including phenoxy) is 1. The highest BCUT2D eigenvalue weighted by atomic mass is 16.5. The van der Waals surface area contributed by atoms with Crippen molar-refractivity contribution >= 4 is 0 Å². The van der Waals surface area contributed by atoms with E-state index in [9.17, 15) is 0 Å². The molecule has 0 saturated carbocycles. The molecule has 0 aromatic heterocycles. The van der Waals surface area contributed by atoms with Gasteiger partial charge in [-0.15, -0.1) is 12.3 Å². The highest BCUT2D eigenvalue weighted by molar-refractivity contribution is 4.89. The zero-order valence-corrected chi connectivity index (χ0v) is 8.26. The fraction of sp³-hybridized carbons (Fsp3) is 0.800. The van der Waals surface area contributed by atoms with Crippen LogP contribution in [0.15, 0.2) is 0 Å². The summed E-state index contributed by atoms with van der Waals surface area (Å²) in [5, 5.41) is 3.40. The van der Waals surface area contributed by atoms with Gasteiger partial charge in [0.15, 0.2) is 0 Å². The van der Waals surface area contributed by atoms with E-state index >= 15 is 0 Å². The lowest BCUT2D eigenvalue weighted by molar-refractivity contribution is 0.166. The Labute approximate surface area is 75.7 Å². The van der Waals surface area contributed by atoms with Crippen LogP contribution >= 0.6 is 0 Å². The molecule has 0 rings (SSSR count). The number of hydrogen-bond donors (Lipinski definition) is 1. The van der Waals surface area contributed by atoms with E-state index in [4.69, 9.17) is 11.2 Å². The number of methoxy groups -OCH3 is 1. The summed E-state index contributed by atoms with van der Waals surface area (Å²) in [4.78, 5) is 0. The first kappa shape index (κ1) is 11.5. The Kier molecular flexibility index (Phi) is 6.84. The third-order valence-corrected chi connectivity index (χ3v) is 1.79. The smallest absolute Gasteiger partial charge is 0.0613 e. The average molecular weight is 169 g/mol. The van der Waals surface area contributed by atoms with E-state index in [1.165, 1.54) is 0 Å². The normalized spacial score (nSPS) is 15.2. The standard InChI is InChI=1S/C10H19NO/c1-5-7-10(6-2)11-9(3)8-12-4/h1,9-11H,6-8H2,2-4H3. The monoisotopic (exact) mass is 169 g/mol. The van der Waals surface area contributed by atoms with E-state index in [1.54, 1.807) is 7.11 Å². The second-order valence-corrected chi connectivity index (χ2v) is 3.04. The van der Waals surface area contributed by atoms with Gasteiger partial charge in [0.1, 0.15) is 0 Å². The van der Waals surface area contributed by atoms with Gasteiger partial charge in [0, 0.05) is 25.6 Å². The molecule has 0 aliphatic heterocycles. The van der Waals surface area contributed by atoms with E-state index in [1.807, 2.05) is 0 Å².